The Morgan fingerprint density at radius 3 is 2.69 bits per heavy atom. The fraction of sp³-hybridized carbons (Fsp3) is 0.250. The van der Waals surface area contributed by atoms with Gasteiger partial charge in [-0.15, -0.1) is 0 Å². The molecule has 0 atom stereocenters. The van der Waals surface area contributed by atoms with E-state index in [1.165, 1.54) is 0 Å². The maximum absolute atomic E-state index is 10.9. The predicted octanol–water partition coefficient (Wildman–Crippen LogP) is 2.38. The standard InChI is InChI=1S/C12H15NO3/c1-3-15-12(14)13-16-9-10(2)11-7-5-4-6-8-11/h4-8H,2-3,9H2,1H3,(H,13,14). The molecule has 0 bridgehead atoms. The third kappa shape index (κ3) is 4.14. The van der Waals surface area contributed by atoms with E-state index in [1.54, 1.807) is 6.92 Å². The lowest BCUT2D eigenvalue weighted by molar-refractivity contribution is 0.0463. The Labute approximate surface area is 94.8 Å². The first kappa shape index (κ1) is 12.3. The third-order valence-corrected chi connectivity index (χ3v) is 1.86. The monoisotopic (exact) mass is 221 g/mol. The van der Waals surface area contributed by atoms with Gasteiger partial charge in [-0.05, 0) is 18.1 Å². The van der Waals surface area contributed by atoms with Crippen LogP contribution in [0.5, 0.6) is 0 Å². The lowest BCUT2D eigenvalue weighted by Gasteiger charge is -2.07. The maximum Gasteiger partial charge on any atom is 0.431 e. The van der Waals surface area contributed by atoms with Gasteiger partial charge in [-0.1, -0.05) is 36.9 Å². The van der Waals surface area contributed by atoms with Crippen molar-refractivity contribution in [1.82, 2.24) is 5.48 Å². The van der Waals surface area contributed by atoms with Crippen molar-refractivity contribution in [3.05, 3.63) is 42.5 Å². The first-order chi connectivity index (χ1) is 7.74. The van der Waals surface area contributed by atoms with Crippen LogP contribution in [0, 0.1) is 0 Å². The summed E-state index contributed by atoms with van der Waals surface area (Å²) in [6, 6.07) is 9.61. The van der Waals surface area contributed by atoms with Crippen LogP contribution in [0.1, 0.15) is 12.5 Å². The Morgan fingerprint density at radius 2 is 2.06 bits per heavy atom. The number of amides is 1. The van der Waals surface area contributed by atoms with E-state index in [0.29, 0.717) is 6.61 Å². The quantitative estimate of drug-likeness (QED) is 0.776. The van der Waals surface area contributed by atoms with Gasteiger partial charge in [-0.2, -0.15) is 5.48 Å². The van der Waals surface area contributed by atoms with Crippen LogP contribution in [-0.2, 0) is 9.57 Å². The van der Waals surface area contributed by atoms with E-state index >= 15 is 0 Å². The molecular weight excluding hydrogens is 206 g/mol. The second kappa shape index (κ2) is 6.63. The number of carbonyl (C=O) groups excluding carboxylic acids is 1. The summed E-state index contributed by atoms with van der Waals surface area (Å²) < 4.78 is 4.62. The number of rotatable bonds is 5. The van der Waals surface area contributed by atoms with Crippen molar-refractivity contribution in [3.63, 3.8) is 0 Å². The van der Waals surface area contributed by atoms with Crippen LogP contribution in [0.2, 0.25) is 0 Å². The SMILES string of the molecule is C=C(CONC(=O)OCC)c1ccccc1. The maximum atomic E-state index is 10.9. The van der Waals surface area contributed by atoms with Crippen molar-refractivity contribution in [1.29, 1.82) is 0 Å². The van der Waals surface area contributed by atoms with E-state index in [4.69, 9.17) is 4.84 Å². The largest absolute Gasteiger partial charge is 0.448 e. The molecule has 1 aromatic carbocycles. The number of nitrogens with one attached hydrogen (secondary N) is 1. The topological polar surface area (TPSA) is 47.6 Å². The molecule has 4 heteroatoms. The molecule has 0 spiro atoms. The second-order valence-corrected chi connectivity index (χ2v) is 3.08. The van der Waals surface area contributed by atoms with Gasteiger partial charge in [0.05, 0.1) is 13.2 Å². The van der Waals surface area contributed by atoms with Gasteiger partial charge >= 0.3 is 6.09 Å². The van der Waals surface area contributed by atoms with Gasteiger partial charge in [-0.3, -0.25) is 4.84 Å². The van der Waals surface area contributed by atoms with Crippen LogP contribution in [-0.4, -0.2) is 19.3 Å². The van der Waals surface area contributed by atoms with E-state index in [1.807, 2.05) is 30.3 Å². The molecule has 0 aromatic heterocycles. The molecule has 0 aliphatic carbocycles. The minimum Gasteiger partial charge on any atom is -0.448 e. The number of carbonyl (C=O) groups is 1. The first-order valence-corrected chi connectivity index (χ1v) is 5.01. The highest BCUT2D eigenvalue weighted by Crippen LogP contribution is 2.10. The number of hydrogen-bond donors (Lipinski definition) is 1. The molecular formula is C12H15NO3. The van der Waals surface area contributed by atoms with Crippen LogP contribution in [0.4, 0.5) is 4.79 Å². The number of hydrogen-bond acceptors (Lipinski definition) is 3. The molecule has 16 heavy (non-hydrogen) atoms. The molecule has 0 radical (unpaired) electrons. The van der Waals surface area contributed by atoms with Crippen LogP contribution < -0.4 is 5.48 Å². The molecule has 1 aromatic rings. The average molecular weight is 221 g/mol. The van der Waals surface area contributed by atoms with Crippen molar-refractivity contribution in [3.8, 4) is 0 Å². The highest BCUT2D eigenvalue weighted by atomic mass is 16.7. The van der Waals surface area contributed by atoms with Crippen molar-refractivity contribution in [2.45, 2.75) is 6.92 Å². The fourth-order valence-electron chi connectivity index (χ4n) is 1.10. The average Bonchev–Trinajstić information content (AvgIpc) is 2.30. The normalized spacial score (nSPS) is 9.56. The molecule has 0 aliphatic rings. The van der Waals surface area contributed by atoms with Crippen LogP contribution in [0.3, 0.4) is 0 Å². The lowest BCUT2D eigenvalue weighted by Crippen LogP contribution is -2.25. The Kier molecular flexibility index (Phi) is 5.08. The smallest absolute Gasteiger partial charge is 0.431 e. The van der Waals surface area contributed by atoms with Crippen molar-refractivity contribution < 1.29 is 14.4 Å². The Morgan fingerprint density at radius 1 is 1.38 bits per heavy atom. The molecule has 0 fully saturated rings. The van der Waals surface area contributed by atoms with Crippen LogP contribution in [0.15, 0.2) is 36.9 Å². The summed E-state index contributed by atoms with van der Waals surface area (Å²) >= 11 is 0. The lowest BCUT2D eigenvalue weighted by atomic mass is 10.1. The number of hydroxylamine groups is 1. The van der Waals surface area contributed by atoms with Gasteiger partial charge in [0.2, 0.25) is 0 Å². The summed E-state index contributed by atoms with van der Waals surface area (Å²) in [4.78, 5) is 15.8. The van der Waals surface area contributed by atoms with Crippen molar-refractivity contribution in [2.75, 3.05) is 13.2 Å². The summed E-state index contributed by atoms with van der Waals surface area (Å²) in [6.45, 7) is 6.11. The summed E-state index contributed by atoms with van der Waals surface area (Å²) in [7, 11) is 0. The van der Waals surface area contributed by atoms with E-state index in [0.717, 1.165) is 11.1 Å². The fourth-order valence-corrected chi connectivity index (χ4v) is 1.10. The molecule has 86 valence electrons. The summed E-state index contributed by atoms with van der Waals surface area (Å²) in [5.74, 6) is 0. The van der Waals surface area contributed by atoms with E-state index in [9.17, 15) is 4.79 Å². The molecule has 4 nitrogen and oxygen atoms in total. The van der Waals surface area contributed by atoms with E-state index in [2.05, 4.69) is 16.8 Å². The molecule has 1 rings (SSSR count). The van der Waals surface area contributed by atoms with Gasteiger partial charge in [-0.25, -0.2) is 4.79 Å². The minimum atomic E-state index is -0.594. The third-order valence-electron chi connectivity index (χ3n) is 1.86. The Bertz CT molecular complexity index is 349. The highest BCUT2D eigenvalue weighted by Gasteiger charge is 2.01. The van der Waals surface area contributed by atoms with Crippen molar-refractivity contribution >= 4 is 11.7 Å². The van der Waals surface area contributed by atoms with Gasteiger partial charge in [0.1, 0.15) is 0 Å². The van der Waals surface area contributed by atoms with E-state index in [-0.39, 0.29) is 6.61 Å². The predicted molar refractivity (Wildman–Crippen MR) is 61.6 cm³/mol. The van der Waals surface area contributed by atoms with Gasteiger partial charge < -0.3 is 4.74 Å². The molecule has 0 saturated carbocycles. The zero-order valence-corrected chi connectivity index (χ0v) is 9.23. The van der Waals surface area contributed by atoms with Crippen molar-refractivity contribution in [2.24, 2.45) is 0 Å². The molecule has 0 heterocycles. The minimum absolute atomic E-state index is 0.225. The first-order valence-electron chi connectivity index (χ1n) is 5.01. The number of ether oxygens (including phenoxy) is 1. The molecule has 0 unspecified atom stereocenters. The summed E-state index contributed by atoms with van der Waals surface area (Å²) in [5, 5.41) is 0. The van der Waals surface area contributed by atoms with Gasteiger partial charge in [0, 0.05) is 0 Å². The highest BCUT2D eigenvalue weighted by molar-refractivity contribution is 5.66. The summed E-state index contributed by atoms with van der Waals surface area (Å²) in [6.07, 6.45) is -0.594. The Balaban J connectivity index is 2.29. The number of benzene rings is 1. The molecule has 0 saturated heterocycles. The van der Waals surface area contributed by atoms with Crippen LogP contribution in [0.25, 0.3) is 5.57 Å². The van der Waals surface area contributed by atoms with Crippen LogP contribution >= 0.6 is 0 Å². The second-order valence-electron chi connectivity index (χ2n) is 3.08. The Hall–Kier alpha value is -1.81. The molecule has 1 amide bonds. The zero-order chi connectivity index (χ0) is 11.8. The summed E-state index contributed by atoms with van der Waals surface area (Å²) in [5.41, 5.74) is 3.93. The molecule has 1 N–H and O–H groups in total. The zero-order valence-electron chi connectivity index (χ0n) is 9.23. The molecule has 0 aliphatic heterocycles. The van der Waals surface area contributed by atoms with Gasteiger partial charge in [0.25, 0.3) is 0 Å². The van der Waals surface area contributed by atoms with Gasteiger partial charge in [0.15, 0.2) is 0 Å². The van der Waals surface area contributed by atoms with E-state index < -0.39 is 6.09 Å².